The van der Waals surface area contributed by atoms with Gasteiger partial charge in [0.15, 0.2) is 0 Å². The Morgan fingerprint density at radius 2 is 2.00 bits per heavy atom. The first-order valence-electron chi connectivity index (χ1n) is 5.93. The van der Waals surface area contributed by atoms with E-state index in [1.54, 1.807) is 6.92 Å². The second-order valence-corrected chi connectivity index (χ2v) is 4.20. The zero-order valence-corrected chi connectivity index (χ0v) is 11.1. The summed E-state index contributed by atoms with van der Waals surface area (Å²) in [5.41, 5.74) is 1.01. The minimum absolute atomic E-state index is 0.0101. The number of benzene rings is 1. The van der Waals surface area contributed by atoms with Gasteiger partial charge in [-0.2, -0.15) is 0 Å². The van der Waals surface area contributed by atoms with Gasteiger partial charge in [0, 0.05) is 6.54 Å². The summed E-state index contributed by atoms with van der Waals surface area (Å²) in [7, 11) is 1.27. The molecule has 6 heteroatoms. The van der Waals surface area contributed by atoms with E-state index < -0.39 is 12.0 Å². The minimum Gasteiger partial charge on any atom is -0.467 e. The highest BCUT2D eigenvalue weighted by molar-refractivity contribution is 5.85. The number of esters is 1. The third-order valence-corrected chi connectivity index (χ3v) is 2.51. The number of hydrazine groups is 1. The molecule has 0 aliphatic heterocycles. The standard InChI is InChI=1S/C13H19N3O3/c1-10(13(18)19-2)15-12(17)9-16(14)8-11-6-4-3-5-7-11/h3-7,10H,8-9,14H2,1-2H3,(H,15,17)/t10-/m0/s1. The van der Waals surface area contributed by atoms with Gasteiger partial charge in [0.05, 0.1) is 13.7 Å². The van der Waals surface area contributed by atoms with Gasteiger partial charge in [-0.3, -0.25) is 10.6 Å². The molecule has 1 amide bonds. The van der Waals surface area contributed by atoms with E-state index in [1.807, 2.05) is 30.3 Å². The molecule has 1 aromatic rings. The fourth-order valence-corrected chi connectivity index (χ4v) is 1.58. The maximum Gasteiger partial charge on any atom is 0.328 e. The van der Waals surface area contributed by atoms with Crippen LogP contribution in [0.15, 0.2) is 30.3 Å². The molecule has 6 nitrogen and oxygen atoms in total. The first kappa shape index (κ1) is 15.1. The fraction of sp³-hybridized carbons (Fsp3) is 0.385. The summed E-state index contributed by atoms with van der Waals surface area (Å²) in [5.74, 6) is 4.94. The number of nitrogens with one attached hydrogen (secondary N) is 1. The van der Waals surface area contributed by atoms with Gasteiger partial charge in [-0.1, -0.05) is 30.3 Å². The number of ether oxygens (including phenoxy) is 1. The van der Waals surface area contributed by atoms with Gasteiger partial charge < -0.3 is 10.1 Å². The summed E-state index contributed by atoms with van der Waals surface area (Å²) in [4.78, 5) is 22.8. The number of methoxy groups -OCH3 is 1. The predicted octanol–water partition coefficient (Wildman–Crippen LogP) is 0.0400. The van der Waals surface area contributed by atoms with Crippen molar-refractivity contribution in [3.05, 3.63) is 35.9 Å². The topological polar surface area (TPSA) is 84.7 Å². The van der Waals surface area contributed by atoms with E-state index in [9.17, 15) is 9.59 Å². The molecule has 1 atom stereocenters. The number of nitrogens with zero attached hydrogens (tertiary/aromatic N) is 1. The molecule has 104 valence electrons. The molecule has 1 aromatic carbocycles. The molecule has 0 aliphatic rings. The van der Waals surface area contributed by atoms with Crippen molar-refractivity contribution in [3.63, 3.8) is 0 Å². The van der Waals surface area contributed by atoms with Gasteiger partial charge in [0.25, 0.3) is 0 Å². The van der Waals surface area contributed by atoms with Gasteiger partial charge in [-0.15, -0.1) is 0 Å². The average molecular weight is 265 g/mol. The van der Waals surface area contributed by atoms with E-state index in [-0.39, 0.29) is 12.5 Å². The van der Waals surface area contributed by atoms with Crippen LogP contribution < -0.4 is 11.2 Å². The third-order valence-electron chi connectivity index (χ3n) is 2.51. The number of hydrogen-bond donors (Lipinski definition) is 2. The van der Waals surface area contributed by atoms with Crippen molar-refractivity contribution in [1.29, 1.82) is 0 Å². The lowest BCUT2D eigenvalue weighted by molar-refractivity contribution is -0.144. The Morgan fingerprint density at radius 3 is 2.58 bits per heavy atom. The van der Waals surface area contributed by atoms with Crippen LogP contribution in [0, 0.1) is 0 Å². The van der Waals surface area contributed by atoms with E-state index in [1.165, 1.54) is 12.1 Å². The summed E-state index contributed by atoms with van der Waals surface area (Å²) in [5, 5.41) is 3.90. The molecule has 0 spiro atoms. The second-order valence-electron chi connectivity index (χ2n) is 4.20. The van der Waals surface area contributed by atoms with Crippen molar-refractivity contribution in [2.45, 2.75) is 19.5 Å². The monoisotopic (exact) mass is 265 g/mol. The summed E-state index contributed by atoms with van der Waals surface area (Å²) in [6, 6.07) is 8.90. The average Bonchev–Trinajstić information content (AvgIpc) is 2.38. The van der Waals surface area contributed by atoms with E-state index in [0.717, 1.165) is 5.56 Å². The minimum atomic E-state index is -0.678. The quantitative estimate of drug-likeness (QED) is 0.431. The molecule has 0 saturated carbocycles. The summed E-state index contributed by atoms with van der Waals surface area (Å²) in [6.45, 7) is 2.03. The molecule has 3 N–H and O–H groups in total. The molecule has 1 rings (SSSR count). The van der Waals surface area contributed by atoms with Crippen molar-refractivity contribution < 1.29 is 14.3 Å². The Hall–Kier alpha value is -1.92. The number of amides is 1. The lowest BCUT2D eigenvalue weighted by atomic mass is 10.2. The first-order chi connectivity index (χ1) is 9.02. The Morgan fingerprint density at radius 1 is 1.37 bits per heavy atom. The Bertz CT molecular complexity index is 422. The van der Waals surface area contributed by atoms with Crippen LogP contribution in [0.25, 0.3) is 0 Å². The summed E-state index contributed by atoms with van der Waals surface area (Å²) < 4.78 is 4.51. The molecular formula is C13H19N3O3. The lowest BCUT2D eigenvalue weighted by Crippen LogP contribution is -2.46. The number of nitrogens with two attached hydrogens (primary N) is 1. The molecular weight excluding hydrogens is 246 g/mol. The third kappa shape index (κ3) is 5.50. The largest absolute Gasteiger partial charge is 0.467 e. The first-order valence-corrected chi connectivity index (χ1v) is 5.93. The molecule has 0 radical (unpaired) electrons. The van der Waals surface area contributed by atoms with Crippen LogP contribution in [0.2, 0.25) is 0 Å². The zero-order chi connectivity index (χ0) is 14.3. The smallest absolute Gasteiger partial charge is 0.328 e. The van der Waals surface area contributed by atoms with Crippen LogP contribution in [0.5, 0.6) is 0 Å². The van der Waals surface area contributed by atoms with Gasteiger partial charge in [0.1, 0.15) is 6.04 Å². The predicted molar refractivity (Wildman–Crippen MR) is 70.7 cm³/mol. The number of rotatable bonds is 6. The van der Waals surface area contributed by atoms with E-state index >= 15 is 0 Å². The van der Waals surface area contributed by atoms with Crippen LogP contribution >= 0.6 is 0 Å². The summed E-state index contributed by atoms with van der Waals surface area (Å²) >= 11 is 0. The maximum atomic E-state index is 11.6. The van der Waals surface area contributed by atoms with Crippen molar-refractivity contribution in [2.24, 2.45) is 5.84 Å². The number of carbonyl (C=O) groups is 2. The molecule has 19 heavy (non-hydrogen) atoms. The second kappa shape index (κ2) is 7.50. The molecule has 0 heterocycles. The normalized spacial score (nSPS) is 12.0. The molecule has 0 fully saturated rings. The highest BCUT2D eigenvalue weighted by Gasteiger charge is 2.16. The van der Waals surface area contributed by atoms with E-state index in [4.69, 9.17) is 5.84 Å². The molecule has 0 aliphatic carbocycles. The molecule has 0 saturated heterocycles. The molecule has 0 bridgehead atoms. The zero-order valence-electron chi connectivity index (χ0n) is 11.1. The SMILES string of the molecule is COC(=O)[C@H](C)NC(=O)CN(N)Cc1ccccc1. The Labute approximate surface area is 112 Å². The Balaban J connectivity index is 2.38. The van der Waals surface area contributed by atoms with Gasteiger partial charge in [-0.25, -0.2) is 9.80 Å². The lowest BCUT2D eigenvalue weighted by Gasteiger charge is -2.17. The highest BCUT2D eigenvalue weighted by atomic mass is 16.5. The van der Waals surface area contributed by atoms with Crippen LogP contribution in [-0.2, 0) is 20.9 Å². The van der Waals surface area contributed by atoms with E-state index in [2.05, 4.69) is 10.1 Å². The highest BCUT2D eigenvalue weighted by Crippen LogP contribution is 2.00. The van der Waals surface area contributed by atoms with Crippen LogP contribution in [-0.4, -0.2) is 36.6 Å². The van der Waals surface area contributed by atoms with Crippen molar-refractivity contribution in [2.75, 3.05) is 13.7 Å². The van der Waals surface area contributed by atoms with Crippen molar-refractivity contribution >= 4 is 11.9 Å². The van der Waals surface area contributed by atoms with Crippen molar-refractivity contribution in [3.8, 4) is 0 Å². The van der Waals surface area contributed by atoms with Gasteiger partial charge >= 0.3 is 5.97 Å². The number of hydrogen-bond acceptors (Lipinski definition) is 5. The van der Waals surface area contributed by atoms with Gasteiger partial charge in [0.2, 0.25) is 5.91 Å². The van der Waals surface area contributed by atoms with Crippen molar-refractivity contribution in [1.82, 2.24) is 10.3 Å². The number of carbonyl (C=O) groups excluding carboxylic acids is 2. The molecule has 0 unspecified atom stereocenters. The van der Waals surface area contributed by atoms with Crippen LogP contribution in [0.4, 0.5) is 0 Å². The Kier molecular flexibility index (Phi) is 5.98. The summed E-state index contributed by atoms with van der Waals surface area (Å²) in [6.07, 6.45) is 0. The van der Waals surface area contributed by atoms with Gasteiger partial charge in [-0.05, 0) is 12.5 Å². The van der Waals surface area contributed by atoms with E-state index in [0.29, 0.717) is 6.54 Å². The fourth-order valence-electron chi connectivity index (χ4n) is 1.58. The van der Waals surface area contributed by atoms with Crippen LogP contribution in [0.3, 0.4) is 0 Å². The molecule has 0 aromatic heterocycles. The maximum absolute atomic E-state index is 11.6. The van der Waals surface area contributed by atoms with Crippen LogP contribution in [0.1, 0.15) is 12.5 Å².